The van der Waals surface area contributed by atoms with Gasteiger partial charge in [0.15, 0.2) is 5.78 Å². The largest absolute Gasteiger partial charge is 0.506 e. The minimum atomic E-state index is -0.760. The molecule has 0 aromatic heterocycles. The van der Waals surface area contributed by atoms with E-state index in [0.717, 1.165) is 12.1 Å². The van der Waals surface area contributed by atoms with E-state index in [-0.39, 0.29) is 16.3 Å². The average Bonchev–Trinajstić information content (AvgIpc) is 1.96. The highest BCUT2D eigenvalue weighted by molar-refractivity contribution is 6.32. The van der Waals surface area contributed by atoms with Gasteiger partial charge in [-0.2, -0.15) is 0 Å². The highest BCUT2D eigenvalue weighted by atomic mass is 35.5. The van der Waals surface area contributed by atoms with Gasteiger partial charge < -0.3 is 5.11 Å². The lowest BCUT2D eigenvalue weighted by Crippen LogP contribution is -1.96. The fraction of sp³-hybridized carbons (Fsp3) is 0.125. The molecule has 0 bridgehead atoms. The number of hydrogen-bond donors (Lipinski definition) is 1. The van der Waals surface area contributed by atoms with E-state index in [9.17, 15) is 9.18 Å². The molecule has 0 aliphatic rings. The van der Waals surface area contributed by atoms with Crippen molar-refractivity contribution in [3.63, 3.8) is 0 Å². The van der Waals surface area contributed by atoms with E-state index in [4.69, 9.17) is 16.7 Å². The third-order valence-corrected chi connectivity index (χ3v) is 1.72. The van der Waals surface area contributed by atoms with Gasteiger partial charge in [0.25, 0.3) is 0 Å². The summed E-state index contributed by atoms with van der Waals surface area (Å²) in [5, 5.41) is 8.90. The topological polar surface area (TPSA) is 37.3 Å². The Labute approximate surface area is 73.6 Å². The molecule has 0 radical (unpaired) electrons. The van der Waals surface area contributed by atoms with Crippen LogP contribution in [0.2, 0.25) is 5.02 Å². The van der Waals surface area contributed by atoms with E-state index in [1.54, 1.807) is 0 Å². The molecule has 4 heteroatoms. The van der Waals surface area contributed by atoms with E-state index in [1.165, 1.54) is 6.92 Å². The molecule has 0 atom stereocenters. The molecule has 1 N–H and O–H groups in total. The second-order valence-electron chi connectivity index (χ2n) is 2.34. The molecule has 0 saturated heterocycles. The minimum absolute atomic E-state index is 0.0263. The van der Waals surface area contributed by atoms with Crippen molar-refractivity contribution < 1.29 is 14.3 Å². The van der Waals surface area contributed by atoms with Crippen molar-refractivity contribution in [1.29, 1.82) is 0 Å². The molecule has 0 spiro atoms. The van der Waals surface area contributed by atoms with E-state index in [2.05, 4.69) is 0 Å². The van der Waals surface area contributed by atoms with Gasteiger partial charge >= 0.3 is 0 Å². The molecule has 0 aliphatic carbocycles. The molecular weight excluding hydrogens is 183 g/mol. The first kappa shape index (κ1) is 9.00. The van der Waals surface area contributed by atoms with Gasteiger partial charge in [-0.1, -0.05) is 11.6 Å². The minimum Gasteiger partial charge on any atom is -0.506 e. The Morgan fingerprint density at radius 2 is 2.17 bits per heavy atom. The lowest BCUT2D eigenvalue weighted by atomic mass is 10.1. The molecule has 64 valence electrons. The Morgan fingerprint density at radius 1 is 1.58 bits per heavy atom. The third kappa shape index (κ3) is 1.56. The summed E-state index contributed by atoms with van der Waals surface area (Å²) in [6.07, 6.45) is 0. The van der Waals surface area contributed by atoms with Crippen LogP contribution in [0, 0.1) is 5.82 Å². The van der Waals surface area contributed by atoms with Gasteiger partial charge in [-0.25, -0.2) is 4.39 Å². The summed E-state index contributed by atoms with van der Waals surface area (Å²) in [7, 11) is 0. The zero-order valence-electron chi connectivity index (χ0n) is 6.27. The highest BCUT2D eigenvalue weighted by Gasteiger charge is 2.10. The van der Waals surface area contributed by atoms with Crippen LogP contribution < -0.4 is 0 Å². The Kier molecular flexibility index (Phi) is 2.33. The fourth-order valence-corrected chi connectivity index (χ4v) is 0.970. The van der Waals surface area contributed by atoms with E-state index in [1.807, 2.05) is 0 Å². The maximum Gasteiger partial charge on any atom is 0.162 e. The lowest BCUT2D eigenvalue weighted by molar-refractivity contribution is 0.101. The second kappa shape index (κ2) is 3.11. The Morgan fingerprint density at radius 3 is 2.67 bits per heavy atom. The second-order valence-corrected chi connectivity index (χ2v) is 2.75. The van der Waals surface area contributed by atoms with Crippen LogP contribution in [0.5, 0.6) is 5.75 Å². The molecule has 0 heterocycles. The van der Waals surface area contributed by atoms with Crippen LogP contribution in [-0.2, 0) is 0 Å². The molecule has 1 aromatic rings. The summed E-state index contributed by atoms with van der Waals surface area (Å²) in [6, 6.07) is 1.92. The molecule has 1 aromatic carbocycles. The number of rotatable bonds is 1. The molecule has 1 rings (SSSR count). The van der Waals surface area contributed by atoms with E-state index in [0.29, 0.717) is 0 Å². The van der Waals surface area contributed by atoms with E-state index >= 15 is 0 Å². The molecule has 0 aliphatic heterocycles. The molecule has 0 fully saturated rings. The van der Waals surface area contributed by atoms with Gasteiger partial charge in [0, 0.05) is 6.07 Å². The van der Waals surface area contributed by atoms with Crippen molar-refractivity contribution in [3.8, 4) is 5.75 Å². The summed E-state index contributed by atoms with van der Waals surface area (Å²) in [4.78, 5) is 10.7. The number of aromatic hydroxyl groups is 1. The maximum atomic E-state index is 12.8. The maximum absolute atomic E-state index is 12.8. The van der Waals surface area contributed by atoms with Crippen LogP contribution in [0.15, 0.2) is 12.1 Å². The first-order valence-electron chi connectivity index (χ1n) is 3.21. The zero-order valence-corrected chi connectivity index (χ0v) is 7.02. The quantitative estimate of drug-likeness (QED) is 0.687. The van der Waals surface area contributed by atoms with E-state index < -0.39 is 11.6 Å². The number of halogens is 2. The van der Waals surface area contributed by atoms with Crippen molar-refractivity contribution in [2.75, 3.05) is 0 Å². The van der Waals surface area contributed by atoms with Crippen molar-refractivity contribution in [1.82, 2.24) is 0 Å². The average molecular weight is 189 g/mol. The lowest BCUT2D eigenvalue weighted by Gasteiger charge is -2.00. The van der Waals surface area contributed by atoms with Gasteiger partial charge in [0.1, 0.15) is 11.6 Å². The first-order chi connectivity index (χ1) is 5.52. The number of phenols is 1. The predicted molar refractivity (Wildman–Crippen MR) is 43.1 cm³/mol. The number of ketones is 1. The summed E-state index contributed by atoms with van der Waals surface area (Å²) in [5.41, 5.74) is -0.113. The highest BCUT2D eigenvalue weighted by Crippen LogP contribution is 2.26. The van der Waals surface area contributed by atoms with Crippen molar-refractivity contribution in [2.24, 2.45) is 0 Å². The molecular formula is C8H6ClFO2. The number of carbonyl (C=O) groups is 1. The molecule has 0 saturated carbocycles. The van der Waals surface area contributed by atoms with Crippen LogP contribution in [0.25, 0.3) is 0 Å². The SMILES string of the molecule is CC(=O)c1cc(Cl)c(O)cc1F. The van der Waals surface area contributed by atoms with Crippen molar-refractivity contribution >= 4 is 17.4 Å². The van der Waals surface area contributed by atoms with Gasteiger partial charge in [0.2, 0.25) is 0 Å². The number of Topliss-reactive ketones (excluding diaryl/α,β-unsaturated/α-hetero) is 1. The fourth-order valence-electron chi connectivity index (χ4n) is 0.806. The van der Waals surface area contributed by atoms with Crippen LogP contribution in [0.4, 0.5) is 4.39 Å². The van der Waals surface area contributed by atoms with Crippen LogP contribution in [-0.4, -0.2) is 10.9 Å². The smallest absolute Gasteiger partial charge is 0.162 e. The number of carbonyl (C=O) groups excluding carboxylic acids is 1. The number of benzene rings is 1. The summed E-state index contributed by atoms with van der Waals surface area (Å²) in [5.74, 6) is -1.54. The number of hydrogen-bond acceptors (Lipinski definition) is 2. The third-order valence-electron chi connectivity index (χ3n) is 1.42. The number of phenolic OH excluding ortho intramolecular Hbond substituents is 1. The van der Waals surface area contributed by atoms with Gasteiger partial charge in [0.05, 0.1) is 10.6 Å². The zero-order chi connectivity index (χ0) is 9.30. The predicted octanol–water partition coefficient (Wildman–Crippen LogP) is 2.39. The molecule has 12 heavy (non-hydrogen) atoms. The molecule has 0 unspecified atom stereocenters. The summed E-state index contributed by atoms with van der Waals surface area (Å²) >= 11 is 5.46. The standard InChI is InChI=1S/C8H6ClFO2/c1-4(11)5-2-6(9)8(12)3-7(5)10/h2-3,12H,1H3. The van der Waals surface area contributed by atoms with Crippen LogP contribution in [0.1, 0.15) is 17.3 Å². The summed E-state index contributed by atoms with van der Waals surface area (Å²) in [6.45, 7) is 1.23. The first-order valence-corrected chi connectivity index (χ1v) is 3.59. The Balaban J connectivity index is 3.33. The van der Waals surface area contributed by atoms with Gasteiger partial charge in [-0.15, -0.1) is 0 Å². The molecule has 0 amide bonds. The van der Waals surface area contributed by atoms with Crippen LogP contribution in [0.3, 0.4) is 0 Å². The van der Waals surface area contributed by atoms with Gasteiger partial charge in [-0.05, 0) is 13.0 Å². The van der Waals surface area contributed by atoms with Crippen molar-refractivity contribution in [3.05, 3.63) is 28.5 Å². The monoisotopic (exact) mass is 188 g/mol. The normalized spacial score (nSPS) is 9.92. The summed E-state index contributed by atoms with van der Waals surface area (Å²) < 4.78 is 12.8. The van der Waals surface area contributed by atoms with Crippen LogP contribution >= 0.6 is 11.6 Å². The Hall–Kier alpha value is -1.09. The molecule has 2 nitrogen and oxygen atoms in total. The van der Waals surface area contributed by atoms with Gasteiger partial charge in [-0.3, -0.25) is 4.79 Å². The van der Waals surface area contributed by atoms with Crippen molar-refractivity contribution in [2.45, 2.75) is 6.92 Å². The Bertz CT molecular complexity index is 336.